The van der Waals surface area contributed by atoms with Crippen LogP contribution in [0.4, 0.5) is 0 Å². The average molecular weight is 226 g/mol. The van der Waals surface area contributed by atoms with Gasteiger partial charge in [-0.2, -0.15) is 0 Å². The lowest BCUT2D eigenvalue weighted by Gasteiger charge is -2.23. The summed E-state index contributed by atoms with van der Waals surface area (Å²) in [4.78, 5) is 11.6. The van der Waals surface area contributed by atoms with Gasteiger partial charge in [-0.1, -0.05) is 25.7 Å². The Morgan fingerprint density at radius 2 is 1.81 bits per heavy atom. The van der Waals surface area contributed by atoms with E-state index in [1.165, 1.54) is 38.5 Å². The zero-order chi connectivity index (χ0) is 12.0. The second-order valence-corrected chi connectivity index (χ2v) is 5.29. The number of nitrogens with two attached hydrogens (primary N) is 1. The van der Waals surface area contributed by atoms with Gasteiger partial charge in [0.05, 0.1) is 0 Å². The number of carbonyl (C=O) groups is 1. The summed E-state index contributed by atoms with van der Waals surface area (Å²) in [6.07, 6.45) is 8.32. The lowest BCUT2D eigenvalue weighted by atomic mass is 9.93. The van der Waals surface area contributed by atoms with Gasteiger partial charge in [0, 0.05) is 18.5 Å². The van der Waals surface area contributed by atoms with E-state index >= 15 is 0 Å². The minimum atomic E-state index is -0.0404. The van der Waals surface area contributed by atoms with Crippen molar-refractivity contribution < 1.29 is 4.79 Å². The van der Waals surface area contributed by atoms with Gasteiger partial charge in [-0.15, -0.1) is 0 Å². The van der Waals surface area contributed by atoms with Gasteiger partial charge in [0.1, 0.15) is 0 Å². The van der Waals surface area contributed by atoms with Crippen molar-refractivity contribution in [1.82, 2.24) is 5.32 Å². The molecule has 3 N–H and O–H groups in total. The Labute approximate surface area is 99.2 Å². The van der Waals surface area contributed by atoms with Gasteiger partial charge in [0.25, 0.3) is 0 Å². The van der Waals surface area contributed by atoms with E-state index < -0.39 is 0 Å². The fourth-order valence-electron chi connectivity index (χ4n) is 2.53. The highest BCUT2D eigenvalue weighted by Gasteiger charge is 2.20. The predicted molar refractivity (Wildman–Crippen MR) is 67.1 cm³/mol. The summed E-state index contributed by atoms with van der Waals surface area (Å²) in [7, 11) is 0. The summed E-state index contributed by atoms with van der Waals surface area (Å²) in [6.45, 7) is 4.00. The maximum absolute atomic E-state index is 11.6. The topological polar surface area (TPSA) is 55.1 Å². The quantitative estimate of drug-likeness (QED) is 0.722. The Hall–Kier alpha value is -0.570. The average Bonchev–Trinajstić information content (AvgIpc) is 2.43. The SMILES string of the molecule is CC(N)CC(=O)N[C@H](C)C1CCCCCC1. The Bertz CT molecular complexity index is 208. The van der Waals surface area contributed by atoms with Crippen LogP contribution < -0.4 is 11.1 Å². The zero-order valence-electron chi connectivity index (χ0n) is 10.7. The molecule has 0 aliphatic heterocycles. The molecule has 0 spiro atoms. The summed E-state index contributed by atoms with van der Waals surface area (Å²) in [6, 6.07) is 0.269. The van der Waals surface area contributed by atoms with Crippen LogP contribution in [0.1, 0.15) is 58.8 Å². The highest BCUT2D eigenvalue weighted by molar-refractivity contribution is 5.76. The maximum atomic E-state index is 11.6. The smallest absolute Gasteiger partial charge is 0.221 e. The molecule has 1 fully saturated rings. The van der Waals surface area contributed by atoms with E-state index in [9.17, 15) is 4.79 Å². The van der Waals surface area contributed by atoms with E-state index in [2.05, 4.69) is 12.2 Å². The van der Waals surface area contributed by atoms with Crippen LogP contribution in [-0.4, -0.2) is 18.0 Å². The van der Waals surface area contributed by atoms with Gasteiger partial charge in [-0.25, -0.2) is 0 Å². The number of hydrogen-bond donors (Lipinski definition) is 2. The molecular weight excluding hydrogens is 200 g/mol. The monoisotopic (exact) mass is 226 g/mol. The van der Waals surface area contributed by atoms with Crippen LogP contribution in [0.15, 0.2) is 0 Å². The molecule has 16 heavy (non-hydrogen) atoms. The molecule has 1 amide bonds. The third-order valence-corrected chi connectivity index (χ3v) is 3.50. The molecule has 0 aromatic rings. The van der Waals surface area contributed by atoms with Crippen LogP contribution in [0.2, 0.25) is 0 Å². The van der Waals surface area contributed by atoms with Gasteiger partial charge in [-0.3, -0.25) is 4.79 Å². The molecule has 0 saturated heterocycles. The summed E-state index contributed by atoms with van der Waals surface area (Å²) < 4.78 is 0. The maximum Gasteiger partial charge on any atom is 0.221 e. The van der Waals surface area contributed by atoms with Gasteiger partial charge < -0.3 is 11.1 Å². The molecule has 3 nitrogen and oxygen atoms in total. The van der Waals surface area contributed by atoms with Crippen molar-refractivity contribution in [2.45, 2.75) is 70.9 Å². The second kappa shape index (κ2) is 6.89. The molecule has 94 valence electrons. The third kappa shape index (κ3) is 4.97. The van der Waals surface area contributed by atoms with Crippen LogP contribution in [0.5, 0.6) is 0 Å². The Morgan fingerprint density at radius 3 is 2.31 bits per heavy atom. The van der Waals surface area contributed by atoms with Crippen molar-refractivity contribution in [2.24, 2.45) is 11.7 Å². The van der Waals surface area contributed by atoms with Gasteiger partial charge >= 0.3 is 0 Å². The first-order chi connectivity index (χ1) is 7.59. The van der Waals surface area contributed by atoms with Crippen molar-refractivity contribution in [3.05, 3.63) is 0 Å². The van der Waals surface area contributed by atoms with Crippen molar-refractivity contribution >= 4 is 5.91 Å². The van der Waals surface area contributed by atoms with Gasteiger partial charge in [0.2, 0.25) is 5.91 Å². The second-order valence-electron chi connectivity index (χ2n) is 5.29. The lowest BCUT2D eigenvalue weighted by molar-refractivity contribution is -0.122. The van der Waals surface area contributed by atoms with Gasteiger partial charge in [-0.05, 0) is 32.6 Å². The molecular formula is C13H26N2O. The molecule has 1 aliphatic carbocycles. The molecule has 0 heterocycles. The van der Waals surface area contributed by atoms with E-state index in [1.807, 2.05) is 6.92 Å². The highest BCUT2D eigenvalue weighted by atomic mass is 16.1. The molecule has 0 bridgehead atoms. The van der Waals surface area contributed by atoms with Crippen LogP contribution in [0, 0.1) is 5.92 Å². The third-order valence-electron chi connectivity index (χ3n) is 3.50. The van der Waals surface area contributed by atoms with Crippen LogP contribution in [-0.2, 0) is 4.79 Å². The molecule has 0 aromatic heterocycles. The molecule has 1 unspecified atom stereocenters. The number of rotatable bonds is 4. The fraction of sp³-hybridized carbons (Fsp3) is 0.923. The Kier molecular flexibility index (Phi) is 5.81. The fourth-order valence-corrected chi connectivity index (χ4v) is 2.53. The van der Waals surface area contributed by atoms with Gasteiger partial charge in [0.15, 0.2) is 0 Å². The van der Waals surface area contributed by atoms with Crippen LogP contribution >= 0.6 is 0 Å². The van der Waals surface area contributed by atoms with Crippen molar-refractivity contribution in [2.75, 3.05) is 0 Å². The van der Waals surface area contributed by atoms with E-state index in [0.29, 0.717) is 18.4 Å². The summed E-state index contributed by atoms with van der Waals surface area (Å²) >= 11 is 0. The van der Waals surface area contributed by atoms with Crippen molar-refractivity contribution in [3.63, 3.8) is 0 Å². The van der Waals surface area contributed by atoms with E-state index in [0.717, 1.165) is 0 Å². The van der Waals surface area contributed by atoms with Crippen molar-refractivity contribution in [1.29, 1.82) is 0 Å². The Balaban J connectivity index is 2.32. The first-order valence-electron chi connectivity index (χ1n) is 6.64. The number of nitrogens with one attached hydrogen (secondary N) is 1. The number of carbonyl (C=O) groups excluding carboxylic acids is 1. The standard InChI is InChI=1S/C13H26N2O/c1-10(14)9-13(16)15-11(2)12-7-5-3-4-6-8-12/h10-12H,3-9,14H2,1-2H3,(H,15,16)/t10?,11-/m1/s1. The minimum absolute atomic E-state index is 0.0404. The lowest BCUT2D eigenvalue weighted by Crippen LogP contribution is -2.40. The van der Waals surface area contributed by atoms with E-state index in [4.69, 9.17) is 5.73 Å². The minimum Gasteiger partial charge on any atom is -0.353 e. The van der Waals surface area contributed by atoms with Crippen LogP contribution in [0.3, 0.4) is 0 Å². The zero-order valence-corrected chi connectivity index (χ0v) is 10.7. The number of hydrogen-bond acceptors (Lipinski definition) is 2. The first-order valence-corrected chi connectivity index (χ1v) is 6.64. The van der Waals surface area contributed by atoms with E-state index in [-0.39, 0.29) is 11.9 Å². The largest absolute Gasteiger partial charge is 0.353 e. The predicted octanol–water partition coefficient (Wildman–Crippen LogP) is 2.20. The molecule has 3 heteroatoms. The number of amides is 1. The normalized spacial score (nSPS) is 22.2. The molecule has 0 radical (unpaired) electrons. The van der Waals surface area contributed by atoms with E-state index in [1.54, 1.807) is 0 Å². The summed E-state index contributed by atoms with van der Waals surface area (Å²) in [5.74, 6) is 0.770. The Morgan fingerprint density at radius 1 is 1.25 bits per heavy atom. The molecule has 2 atom stereocenters. The van der Waals surface area contributed by atoms with Crippen molar-refractivity contribution in [3.8, 4) is 0 Å². The highest BCUT2D eigenvalue weighted by Crippen LogP contribution is 2.25. The molecule has 1 rings (SSSR count). The summed E-state index contributed by atoms with van der Waals surface area (Å²) in [5.41, 5.74) is 5.61. The summed E-state index contributed by atoms with van der Waals surface area (Å²) in [5, 5.41) is 3.09. The first kappa shape index (κ1) is 13.5. The van der Waals surface area contributed by atoms with Crippen LogP contribution in [0.25, 0.3) is 0 Å². The molecule has 1 saturated carbocycles. The molecule has 1 aliphatic rings. The molecule has 0 aromatic carbocycles.